The van der Waals surface area contributed by atoms with Crippen molar-refractivity contribution in [2.24, 2.45) is 0 Å². The molecular formula is C21H12N2O2S2. The summed E-state index contributed by atoms with van der Waals surface area (Å²) in [4.78, 5) is 17.2. The van der Waals surface area contributed by atoms with E-state index in [0.717, 1.165) is 15.8 Å². The van der Waals surface area contributed by atoms with Crippen molar-refractivity contribution in [1.29, 1.82) is 5.26 Å². The largest absolute Gasteiger partial charge is 0.422 e. The van der Waals surface area contributed by atoms with Gasteiger partial charge < -0.3 is 4.74 Å². The van der Waals surface area contributed by atoms with Crippen LogP contribution in [-0.2, 0) is 0 Å². The zero-order valence-corrected chi connectivity index (χ0v) is 15.6. The Morgan fingerprint density at radius 3 is 2.78 bits per heavy atom. The molecule has 0 N–H and O–H groups in total. The maximum Gasteiger partial charge on any atom is 0.353 e. The highest BCUT2D eigenvalue weighted by molar-refractivity contribution is 7.19. The van der Waals surface area contributed by atoms with Crippen molar-refractivity contribution in [3.05, 3.63) is 81.5 Å². The second-order valence-corrected chi connectivity index (χ2v) is 7.57. The summed E-state index contributed by atoms with van der Waals surface area (Å²) in [6.07, 6.45) is 1.75. The van der Waals surface area contributed by atoms with Gasteiger partial charge in [-0.05, 0) is 47.4 Å². The number of hydrogen-bond acceptors (Lipinski definition) is 6. The molecule has 4 aromatic rings. The molecule has 2 aromatic heterocycles. The van der Waals surface area contributed by atoms with Crippen LogP contribution in [0.15, 0.2) is 66.0 Å². The molecular weight excluding hydrogens is 376 g/mol. The van der Waals surface area contributed by atoms with Crippen LogP contribution in [0.25, 0.3) is 21.9 Å². The quantitative estimate of drug-likeness (QED) is 0.258. The number of thiophene rings is 1. The molecule has 0 bridgehead atoms. The van der Waals surface area contributed by atoms with Crippen molar-refractivity contribution in [3.8, 4) is 11.8 Å². The molecule has 0 saturated carbocycles. The van der Waals surface area contributed by atoms with Gasteiger partial charge in [-0.25, -0.2) is 9.78 Å². The number of benzene rings is 2. The van der Waals surface area contributed by atoms with Crippen LogP contribution < -0.4 is 4.74 Å². The first-order valence-electron chi connectivity index (χ1n) is 8.06. The number of nitriles is 1. The Balaban J connectivity index is 1.62. The first kappa shape index (κ1) is 17.2. The van der Waals surface area contributed by atoms with Gasteiger partial charge in [0.05, 0.1) is 15.8 Å². The zero-order chi connectivity index (χ0) is 18.6. The topological polar surface area (TPSA) is 63.0 Å². The van der Waals surface area contributed by atoms with Gasteiger partial charge >= 0.3 is 5.97 Å². The first-order valence-corrected chi connectivity index (χ1v) is 9.76. The maximum absolute atomic E-state index is 12.1. The third kappa shape index (κ3) is 3.80. The molecule has 2 aromatic carbocycles. The number of nitrogens with zero attached hydrogens (tertiary/aromatic N) is 2. The molecule has 0 atom stereocenters. The average Bonchev–Trinajstić information content (AvgIpc) is 3.36. The summed E-state index contributed by atoms with van der Waals surface area (Å²) in [6, 6.07) is 20.6. The number of ether oxygens (including phenoxy) is 1. The van der Waals surface area contributed by atoms with E-state index in [0.29, 0.717) is 21.2 Å². The van der Waals surface area contributed by atoms with Gasteiger partial charge in [-0.2, -0.15) is 5.26 Å². The van der Waals surface area contributed by atoms with E-state index >= 15 is 0 Å². The van der Waals surface area contributed by atoms with Crippen LogP contribution in [-0.4, -0.2) is 11.0 Å². The molecule has 0 saturated heterocycles. The Labute approximate surface area is 163 Å². The number of fused-ring (bicyclic) bond motifs is 1. The number of hydrogen-bond donors (Lipinski definition) is 0. The predicted octanol–water partition coefficient (Wildman–Crippen LogP) is 5.64. The number of para-hydroxylation sites is 1. The summed E-state index contributed by atoms with van der Waals surface area (Å²) >= 11 is 2.81. The van der Waals surface area contributed by atoms with Crippen molar-refractivity contribution in [2.75, 3.05) is 0 Å². The van der Waals surface area contributed by atoms with E-state index in [9.17, 15) is 10.1 Å². The van der Waals surface area contributed by atoms with Crippen molar-refractivity contribution in [1.82, 2.24) is 4.98 Å². The number of carbonyl (C=O) groups excluding carboxylic acids is 1. The number of allylic oxidation sites excluding steroid dienone is 1. The lowest BCUT2D eigenvalue weighted by Crippen LogP contribution is -2.06. The Morgan fingerprint density at radius 2 is 2.00 bits per heavy atom. The van der Waals surface area contributed by atoms with Crippen molar-refractivity contribution in [2.45, 2.75) is 0 Å². The fourth-order valence-electron chi connectivity index (χ4n) is 2.52. The molecule has 27 heavy (non-hydrogen) atoms. The summed E-state index contributed by atoms with van der Waals surface area (Å²) in [5.41, 5.74) is 2.11. The van der Waals surface area contributed by atoms with Crippen LogP contribution in [0.4, 0.5) is 0 Å². The second-order valence-electron chi connectivity index (χ2n) is 5.60. The number of thiazole rings is 1. The van der Waals surface area contributed by atoms with E-state index < -0.39 is 5.97 Å². The Kier molecular flexibility index (Phi) is 4.79. The van der Waals surface area contributed by atoms with E-state index in [2.05, 4.69) is 11.1 Å². The van der Waals surface area contributed by atoms with Crippen LogP contribution in [0.3, 0.4) is 0 Å². The molecule has 4 nitrogen and oxygen atoms in total. The molecule has 2 heterocycles. The SMILES string of the molecule is N#C/C(=C\c1cccc(OC(=O)c2cccs2)c1)c1nc2ccccc2s1. The predicted molar refractivity (Wildman–Crippen MR) is 109 cm³/mol. The molecule has 4 rings (SSSR count). The minimum absolute atomic E-state index is 0.391. The zero-order valence-electron chi connectivity index (χ0n) is 14.0. The van der Waals surface area contributed by atoms with Crippen molar-refractivity contribution < 1.29 is 9.53 Å². The van der Waals surface area contributed by atoms with Crippen molar-refractivity contribution >= 4 is 50.5 Å². The third-order valence-corrected chi connectivity index (χ3v) is 5.67. The Morgan fingerprint density at radius 1 is 1.11 bits per heavy atom. The smallest absolute Gasteiger partial charge is 0.353 e. The van der Waals surface area contributed by atoms with Gasteiger partial charge in [0.15, 0.2) is 0 Å². The summed E-state index contributed by atoms with van der Waals surface area (Å²) in [7, 11) is 0. The normalized spacial score (nSPS) is 11.3. The monoisotopic (exact) mass is 388 g/mol. The molecule has 0 fully saturated rings. The molecule has 0 aliphatic rings. The van der Waals surface area contributed by atoms with Gasteiger partial charge in [0.2, 0.25) is 0 Å². The van der Waals surface area contributed by atoms with E-state index in [1.54, 1.807) is 36.4 Å². The van der Waals surface area contributed by atoms with Gasteiger partial charge in [-0.3, -0.25) is 0 Å². The van der Waals surface area contributed by atoms with Crippen LogP contribution >= 0.6 is 22.7 Å². The van der Waals surface area contributed by atoms with E-state index in [1.807, 2.05) is 35.7 Å². The molecule has 6 heteroatoms. The Hall–Kier alpha value is -3.27. The third-order valence-electron chi connectivity index (χ3n) is 3.75. The molecule has 0 amide bonds. The van der Waals surface area contributed by atoms with E-state index in [4.69, 9.17) is 4.74 Å². The minimum Gasteiger partial charge on any atom is -0.422 e. The number of aromatic nitrogens is 1. The maximum atomic E-state index is 12.1. The fourth-order valence-corrected chi connectivity index (χ4v) is 4.05. The molecule has 0 unspecified atom stereocenters. The lowest BCUT2D eigenvalue weighted by atomic mass is 10.1. The first-order chi connectivity index (χ1) is 13.2. The Bertz CT molecular complexity index is 1150. The highest BCUT2D eigenvalue weighted by Gasteiger charge is 2.11. The van der Waals surface area contributed by atoms with E-state index in [-0.39, 0.29) is 0 Å². The van der Waals surface area contributed by atoms with Gasteiger partial charge in [-0.1, -0.05) is 30.3 Å². The molecule has 0 aliphatic carbocycles. The van der Waals surface area contributed by atoms with Crippen molar-refractivity contribution in [3.63, 3.8) is 0 Å². The fraction of sp³-hybridized carbons (Fsp3) is 0. The lowest BCUT2D eigenvalue weighted by Gasteiger charge is -2.04. The van der Waals surface area contributed by atoms with Gasteiger partial charge in [0.25, 0.3) is 0 Å². The summed E-state index contributed by atoms with van der Waals surface area (Å²) < 4.78 is 6.45. The molecule has 0 radical (unpaired) electrons. The second kappa shape index (κ2) is 7.54. The van der Waals surface area contributed by atoms with Gasteiger partial charge in [-0.15, -0.1) is 22.7 Å². The highest BCUT2D eigenvalue weighted by atomic mass is 32.1. The van der Waals surface area contributed by atoms with E-state index in [1.165, 1.54) is 22.7 Å². The van der Waals surface area contributed by atoms with Gasteiger partial charge in [0.1, 0.15) is 21.7 Å². The molecule has 0 spiro atoms. The molecule has 0 aliphatic heterocycles. The standard InChI is InChI=1S/C21H12N2O2S2/c22-13-15(20-23-17-7-1-2-8-18(17)27-20)11-14-5-3-6-16(12-14)25-21(24)19-9-4-10-26-19/h1-12H/b15-11+. The lowest BCUT2D eigenvalue weighted by molar-refractivity contribution is 0.0740. The van der Waals surface area contributed by atoms with Gasteiger partial charge in [0, 0.05) is 0 Å². The average molecular weight is 388 g/mol. The summed E-state index contributed by atoms with van der Waals surface area (Å²) in [5.74, 6) is 0.0431. The van der Waals surface area contributed by atoms with Crippen LogP contribution in [0, 0.1) is 11.3 Å². The number of rotatable bonds is 4. The van der Waals surface area contributed by atoms with Crippen LogP contribution in [0.2, 0.25) is 0 Å². The highest BCUT2D eigenvalue weighted by Crippen LogP contribution is 2.28. The summed E-state index contributed by atoms with van der Waals surface area (Å²) in [5, 5.41) is 12.1. The van der Waals surface area contributed by atoms with Crippen LogP contribution in [0.5, 0.6) is 5.75 Å². The number of carbonyl (C=O) groups is 1. The minimum atomic E-state index is -0.391. The molecule has 130 valence electrons. The number of esters is 1. The summed E-state index contributed by atoms with van der Waals surface area (Å²) in [6.45, 7) is 0. The van der Waals surface area contributed by atoms with Crippen LogP contribution in [0.1, 0.15) is 20.2 Å².